The van der Waals surface area contributed by atoms with Crippen molar-refractivity contribution in [1.82, 2.24) is 20.3 Å². The molecule has 0 unspecified atom stereocenters. The van der Waals surface area contributed by atoms with Crippen LogP contribution in [0.2, 0.25) is 0 Å². The molecular formula is C21H34N4O2. The molecule has 2 aliphatic carbocycles. The zero-order valence-electron chi connectivity index (χ0n) is 16.7. The number of carbonyl (C=O) groups is 1. The molecule has 2 amide bonds. The van der Waals surface area contributed by atoms with Crippen LogP contribution in [0.25, 0.3) is 0 Å². The lowest BCUT2D eigenvalue weighted by atomic mass is 9.96. The van der Waals surface area contributed by atoms with E-state index in [1.807, 2.05) is 13.1 Å². The van der Waals surface area contributed by atoms with Crippen LogP contribution < -0.4 is 5.32 Å². The summed E-state index contributed by atoms with van der Waals surface area (Å²) in [5, 5.41) is 7.21. The second-order valence-electron chi connectivity index (χ2n) is 8.70. The van der Waals surface area contributed by atoms with Crippen molar-refractivity contribution < 1.29 is 9.32 Å². The number of hydrogen-bond donors (Lipinski definition) is 1. The molecule has 6 nitrogen and oxygen atoms in total. The quantitative estimate of drug-likeness (QED) is 0.787. The van der Waals surface area contributed by atoms with Gasteiger partial charge in [0.2, 0.25) is 0 Å². The SMILES string of the molecule is CN(Cc1cc(C2CC2)on1)C(=O)NCC[C@@H]1CCCCN1C1CCCC1. The van der Waals surface area contributed by atoms with Crippen molar-refractivity contribution in [2.75, 3.05) is 20.1 Å². The summed E-state index contributed by atoms with van der Waals surface area (Å²) in [7, 11) is 1.83. The van der Waals surface area contributed by atoms with Gasteiger partial charge in [0, 0.05) is 37.7 Å². The van der Waals surface area contributed by atoms with Gasteiger partial charge in [-0.25, -0.2) is 4.79 Å². The van der Waals surface area contributed by atoms with Gasteiger partial charge < -0.3 is 14.7 Å². The van der Waals surface area contributed by atoms with Crippen LogP contribution in [0.4, 0.5) is 4.79 Å². The van der Waals surface area contributed by atoms with E-state index in [9.17, 15) is 4.79 Å². The molecule has 3 aliphatic rings. The van der Waals surface area contributed by atoms with Crippen molar-refractivity contribution in [2.24, 2.45) is 0 Å². The maximum Gasteiger partial charge on any atom is 0.317 e. The van der Waals surface area contributed by atoms with Crippen molar-refractivity contribution in [3.05, 3.63) is 17.5 Å². The molecule has 0 spiro atoms. The van der Waals surface area contributed by atoms with Crippen LogP contribution in [0.1, 0.15) is 81.6 Å². The van der Waals surface area contributed by atoms with Gasteiger partial charge in [-0.15, -0.1) is 0 Å². The summed E-state index contributed by atoms with van der Waals surface area (Å²) in [6.45, 7) is 2.50. The van der Waals surface area contributed by atoms with E-state index in [-0.39, 0.29) is 6.03 Å². The van der Waals surface area contributed by atoms with Gasteiger partial charge in [-0.3, -0.25) is 4.90 Å². The number of nitrogens with zero attached hydrogens (tertiary/aromatic N) is 3. The zero-order chi connectivity index (χ0) is 18.6. The fraction of sp³-hybridized carbons (Fsp3) is 0.810. The van der Waals surface area contributed by atoms with Crippen molar-refractivity contribution in [2.45, 2.75) is 88.8 Å². The third-order valence-corrected chi connectivity index (χ3v) is 6.52. The standard InChI is InChI=1S/C21H34N4O2/c1-24(15-17-14-20(27-23-17)16-9-10-16)21(26)22-12-11-19-8-4-5-13-25(19)18-6-2-3-7-18/h14,16,18-19H,2-13,15H2,1H3,(H,22,26)/t19-/m0/s1. The molecule has 2 heterocycles. The number of piperidine rings is 1. The third-order valence-electron chi connectivity index (χ3n) is 6.52. The molecule has 1 aliphatic heterocycles. The molecule has 1 aromatic rings. The Morgan fingerprint density at radius 2 is 2.00 bits per heavy atom. The van der Waals surface area contributed by atoms with Gasteiger partial charge >= 0.3 is 6.03 Å². The van der Waals surface area contributed by atoms with Crippen molar-refractivity contribution in [1.29, 1.82) is 0 Å². The molecule has 6 heteroatoms. The van der Waals surface area contributed by atoms with Crippen LogP contribution in [-0.2, 0) is 6.54 Å². The van der Waals surface area contributed by atoms with E-state index in [1.165, 1.54) is 64.3 Å². The first kappa shape index (κ1) is 18.8. The second kappa shape index (κ2) is 8.63. The maximum atomic E-state index is 12.4. The number of hydrogen-bond acceptors (Lipinski definition) is 4. The summed E-state index contributed by atoms with van der Waals surface area (Å²) in [5.74, 6) is 1.53. The predicted octanol–water partition coefficient (Wildman–Crippen LogP) is 3.88. The smallest absolute Gasteiger partial charge is 0.317 e. The summed E-state index contributed by atoms with van der Waals surface area (Å²) < 4.78 is 5.38. The Hall–Kier alpha value is -1.56. The Balaban J connectivity index is 1.20. The number of likely N-dealkylation sites (tertiary alicyclic amines) is 1. The highest BCUT2D eigenvalue weighted by molar-refractivity contribution is 5.73. The Bertz CT molecular complexity index is 621. The van der Waals surface area contributed by atoms with E-state index in [0.29, 0.717) is 18.5 Å². The fourth-order valence-corrected chi connectivity index (χ4v) is 4.81. The summed E-state index contributed by atoms with van der Waals surface area (Å²) in [5.41, 5.74) is 0.842. The molecule has 0 radical (unpaired) electrons. The highest BCUT2D eigenvalue weighted by atomic mass is 16.5. The van der Waals surface area contributed by atoms with Crippen LogP contribution >= 0.6 is 0 Å². The number of aromatic nitrogens is 1. The minimum absolute atomic E-state index is 0.0193. The van der Waals surface area contributed by atoms with E-state index >= 15 is 0 Å². The largest absolute Gasteiger partial charge is 0.361 e. The van der Waals surface area contributed by atoms with Gasteiger partial charge in [-0.05, 0) is 51.5 Å². The number of nitrogens with one attached hydrogen (secondary N) is 1. The highest BCUT2D eigenvalue weighted by Crippen LogP contribution is 2.40. The third kappa shape index (κ3) is 4.84. The summed E-state index contributed by atoms with van der Waals surface area (Å²) in [4.78, 5) is 16.9. The van der Waals surface area contributed by atoms with E-state index in [0.717, 1.165) is 30.5 Å². The first-order valence-electron chi connectivity index (χ1n) is 10.9. The van der Waals surface area contributed by atoms with Crippen LogP contribution in [0.15, 0.2) is 10.6 Å². The maximum absolute atomic E-state index is 12.4. The average Bonchev–Trinajstić information content (AvgIpc) is 3.18. The number of rotatable bonds is 7. The molecule has 150 valence electrons. The lowest BCUT2D eigenvalue weighted by Crippen LogP contribution is -2.47. The molecule has 1 saturated heterocycles. The zero-order valence-corrected chi connectivity index (χ0v) is 16.7. The van der Waals surface area contributed by atoms with E-state index in [1.54, 1.807) is 4.90 Å². The monoisotopic (exact) mass is 374 g/mol. The molecule has 0 aromatic carbocycles. The molecular weight excluding hydrogens is 340 g/mol. The van der Waals surface area contributed by atoms with Crippen LogP contribution in [0.5, 0.6) is 0 Å². The van der Waals surface area contributed by atoms with Gasteiger partial charge in [-0.1, -0.05) is 24.4 Å². The minimum atomic E-state index is -0.0193. The van der Waals surface area contributed by atoms with Crippen molar-refractivity contribution in [3.8, 4) is 0 Å². The van der Waals surface area contributed by atoms with E-state index in [2.05, 4.69) is 15.4 Å². The van der Waals surface area contributed by atoms with Gasteiger partial charge in [0.1, 0.15) is 11.5 Å². The molecule has 1 aromatic heterocycles. The molecule has 27 heavy (non-hydrogen) atoms. The van der Waals surface area contributed by atoms with Crippen LogP contribution in [0, 0.1) is 0 Å². The topological polar surface area (TPSA) is 61.6 Å². The first-order valence-corrected chi connectivity index (χ1v) is 10.9. The first-order chi connectivity index (χ1) is 13.2. The summed E-state index contributed by atoms with van der Waals surface area (Å²) in [6.07, 6.45) is 12.9. The lowest BCUT2D eigenvalue weighted by Gasteiger charge is -2.40. The minimum Gasteiger partial charge on any atom is -0.361 e. The second-order valence-corrected chi connectivity index (χ2v) is 8.70. The fourth-order valence-electron chi connectivity index (χ4n) is 4.81. The Labute approximate surface area is 162 Å². The highest BCUT2D eigenvalue weighted by Gasteiger charge is 2.30. The average molecular weight is 375 g/mol. The molecule has 0 bridgehead atoms. The van der Waals surface area contributed by atoms with Crippen molar-refractivity contribution >= 4 is 6.03 Å². The number of urea groups is 1. The normalized spacial score (nSPS) is 24.3. The Kier molecular flexibility index (Phi) is 6.01. The predicted molar refractivity (Wildman–Crippen MR) is 105 cm³/mol. The molecule has 3 fully saturated rings. The van der Waals surface area contributed by atoms with Gasteiger partial charge in [-0.2, -0.15) is 0 Å². The summed E-state index contributed by atoms with van der Waals surface area (Å²) in [6, 6.07) is 3.42. The van der Waals surface area contributed by atoms with E-state index < -0.39 is 0 Å². The van der Waals surface area contributed by atoms with Gasteiger partial charge in [0.25, 0.3) is 0 Å². The van der Waals surface area contributed by atoms with E-state index in [4.69, 9.17) is 4.52 Å². The molecule has 1 atom stereocenters. The van der Waals surface area contributed by atoms with Crippen molar-refractivity contribution in [3.63, 3.8) is 0 Å². The number of amides is 2. The van der Waals surface area contributed by atoms with Gasteiger partial charge in [0.05, 0.1) is 6.54 Å². The molecule has 2 saturated carbocycles. The van der Waals surface area contributed by atoms with Crippen LogP contribution in [-0.4, -0.2) is 53.2 Å². The number of carbonyl (C=O) groups excluding carboxylic acids is 1. The van der Waals surface area contributed by atoms with Gasteiger partial charge in [0.15, 0.2) is 0 Å². The Morgan fingerprint density at radius 3 is 2.78 bits per heavy atom. The summed E-state index contributed by atoms with van der Waals surface area (Å²) >= 11 is 0. The van der Waals surface area contributed by atoms with Crippen LogP contribution in [0.3, 0.4) is 0 Å². The molecule has 4 rings (SSSR count). The Morgan fingerprint density at radius 1 is 1.22 bits per heavy atom. The lowest BCUT2D eigenvalue weighted by molar-refractivity contribution is 0.0912. The molecule has 1 N–H and O–H groups in total.